The van der Waals surface area contributed by atoms with Gasteiger partial charge in [-0.25, -0.2) is 4.39 Å². The first-order chi connectivity index (χ1) is 14.7. The summed E-state index contributed by atoms with van der Waals surface area (Å²) in [5, 5.41) is 16.5. The molecule has 4 aliphatic carbocycles. The number of rotatable bonds is 6. The van der Waals surface area contributed by atoms with Crippen LogP contribution in [0.3, 0.4) is 0 Å². The van der Waals surface area contributed by atoms with Gasteiger partial charge in [-0.3, -0.25) is 14.4 Å². The number of carbonyl (C=O) groups excluding carboxylic acids is 2. The fourth-order valence-electron chi connectivity index (χ4n) is 5.50. The Hall–Kier alpha value is -1.00. The molecule has 0 aromatic heterocycles. The molecule has 1 saturated heterocycles. The number of alkyl halides is 2. The number of fused-ring (bicyclic) bond motifs is 3. The molecule has 31 heavy (non-hydrogen) atoms. The van der Waals surface area contributed by atoms with E-state index in [1.54, 1.807) is 0 Å². The highest BCUT2D eigenvalue weighted by Crippen LogP contribution is 2.47. The molecule has 0 radical (unpaired) electrons. The smallest absolute Gasteiger partial charge is 0.246 e. The van der Waals surface area contributed by atoms with Crippen molar-refractivity contribution < 1.29 is 28.7 Å². The number of halogens is 2. The van der Waals surface area contributed by atoms with E-state index in [2.05, 4.69) is 16.1 Å². The molecule has 1 heterocycles. The standard InChI is InChI=1S/C21H33ClFN3O5/c1-12-8-16(26-31-12)19(29)25-20-4-6-21(7-5-20,17(27)10-20)24-18(28)11-30-13-2-3-14(22)15(23)9-13/h12-17,26-27H,2-11H2,1H3,(H,24,28)(H,25,29). The van der Waals surface area contributed by atoms with Crippen LogP contribution < -0.4 is 16.1 Å². The van der Waals surface area contributed by atoms with E-state index in [1.807, 2.05) is 6.92 Å². The number of amides is 2. The van der Waals surface area contributed by atoms with Gasteiger partial charge in [0.1, 0.15) is 18.8 Å². The number of hydrogen-bond acceptors (Lipinski definition) is 6. The lowest BCUT2D eigenvalue weighted by Gasteiger charge is -2.56. The predicted octanol–water partition coefficient (Wildman–Crippen LogP) is 1.23. The molecule has 0 aromatic carbocycles. The van der Waals surface area contributed by atoms with Crippen molar-refractivity contribution in [3.63, 3.8) is 0 Å². The Balaban J connectivity index is 1.26. The minimum absolute atomic E-state index is 0.0117. The lowest BCUT2D eigenvalue weighted by atomic mass is 9.59. The monoisotopic (exact) mass is 461 g/mol. The van der Waals surface area contributed by atoms with Crippen molar-refractivity contribution in [3.8, 4) is 0 Å². The summed E-state index contributed by atoms with van der Waals surface area (Å²) >= 11 is 5.89. The average Bonchev–Trinajstić information content (AvgIpc) is 3.17. The van der Waals surface area contributed by atoms with E-state index in [-0.39, 0.29) is 43.1 Å². The maximum absolute atomic E-state index is 13.8. The van der Waals surface area contributed by atoms with E-state index in [1.165, 1.54) is 0 Å². The molecule has 1 aliphatic heterocycles. The molecular formula is C21H33ClFN3O5. The highest BCUT2D eigenvalue weighted by Gasteiger charge is 2.55. The first-order valence-electron chi connectivity index (χ1n) is 11.3. The number of ether oxygens (including phenoxy) is 1. The van der Waals surface area contributed by atoms with Crippen molar-refractivity contribution in [1.29, 1.82) is 0 Å². The number of hydroxylamine groups is 1. The van der Waals surface area contributed by atoms with Crippen LogP contribution in [0.15, 0.2) is 0 Å². The summed E-state index contributed by atoms with van der Waals surface area (Å²) in [4.78, 5) is 30.4. The quantitative estimate of drug-likeness (QED) is 0.443. The Labute approximate surface area is 186 Å². The lowest BCUT2D eigenvalue weighted by molar-refractivity contribution is -0.140. The Morgan fingerprint density at radius 3 is 2.58 bits per heavy atom. The highest BCUT2D eigenvalue weighted by atomic mass is 35.5. The molecule has 5 aliphatic rings. The maximum Gasteiger partial charge on any atom is 0.246 e. The third kappa shape index (κ3) is 5.00. The summed E-state index contributed by atoms with van der Waals surface area (Å²) < 4.78 is 19.4. The van der Waals surface area contributed by atoms with E-state index in [0.29, 0.717) is 51.4 Å². The molecule has 4 saturated carbocycles. The van der Waals surface area contributed by atoms with E-state index in [9.17, 15) is 19.1 Å². The van der Waals surface area contributed by atoms with Crippen LogP contribution in [0.5, 0.6) is 0 Å². The third-order valence-electron chi connectivity index (χ3n) is 7.49. The van der Waals surface area contributed by atoms with Crippen molar-refractivity contribution in [2.24, 2.45) is 0 Å². The molecule has 5 fully saturated rings. The second-order valence-electron chi connectivity index (χ2n) is 9.81. The lowest BCUT2D eigenvalue weighted by Crippen LogP contribution is -2.71. The van der Waals surface area contributed by atoms with E-state index < -0.39 is 28.7 Å². The van der Waals surface area contributed by atoms with Gasteiger partial charge in [-0.2, -0.15) is 5.48 Å². The Kier molecular flexibility index (Phi) is 6.80. The summed E-state index contributed by atoms with van der Waals surface area (Å²) in [6.07, 6.45) is 2.72. The van der Waals surface area contributed by atoms with Gasteiger partial charge >= 0.3 is 0 Å². The molecule has 10 heteroatoms. The maximum atomic E-state index is 13.8. The summed E-state index contributed by atoms with van der Waals surface area (Å²) in [7, 11) is 0. The minimum atomic E-state index is -1.11. The first-order valence-corrected chi connectivity index (χ1v) is 11.8. The summed E-state index contributed by atoms with van der Waals surface area (Å²) in [6, 6.07) is -0.384. The van der Waals surface area contributed by atoms with E-state index >= 15 is 0 Å². The third-order valence-corrected chi connectivity index (χ3v) is 7.98. The number of nitrogens with one attached hydrogen (secondary N) is 3. The zero-order chi connectivity index (χ0) is 22.2. The van der Waals surface area contributed by atoms with Gasteiger partial charge in [0, 0.05) is 18.4 Å². The van der Waals surface area contributed by atoms with Crippen LogP contribution in [0.2, 0.25) is 0 Å². The second kappa shape index (κ2) is 9.09. The normalized spacial score (nSPS) is 44.8. The van der Waals surface area contributed by atoms with Crippen LogP contribution in [0.25, 0.3) is 0 Å². The largest absolute Gasteiger partial charge is 0.391 e. The minimum Gasteiger partial charge on any atom is -0.391 e. The van der Waals surface area contributed by atoms with Gasteiger partial charge in [0.2, 0.25) is 11.8 Å². The van der Waals surface area contributed by atoms with E-state index in [4.69, 9.17) is 21.2 Å². The zero-order valence-electron chi connectivity index (χ0n) is 17.9. The molecule has 6 atom stereocenters. The van der Waals surface area contributed by atoms with Gasteiger partial charge in [-0.05, 0) is 51.9 Å². The average molecular weight is 462 g/mol. The fraction of sp³-hybridized carbons (Fsp3) is 0.905. The predicted molar refractivity (Wildman–Crippen MR) is 111 cm³/mol. The molecule has 5 rings (SSSR count). The van der Waals surface area contributed by atoms with Crippen molar-refractivity contribution in [3.05, 3.63) is 0 Å². The van der Waals surface area contributed by atoms with Gasteiger partial charge in [0.05, 0.1) is 29.2 Å². The number of hydrogen-bond donors (Lipinski definition) is 4. The van der Waals surface area contributed by atoms with Crippen LogP contribution in [-0.4, -0.2) is 70.5 Å². The topological polar surface area (TPSA) is 109 Å². The fourth-order valence-corrected chi connectivity index (χ4v) is 5.73. The number of carbonyl (C=O) groups is 2. The molecular weight excluding hydrogens is 429 g/mol. The highest BCUT2D eigenvalue weighted by molar-refractivity contribution is 6.21. The Morgan fingerprint density at radius 2 is 1.97 bits per heavy atom. The second-order valence-corrected chi connectivity index (χ2v) is 10.4. The van der Waals surface area contributed by atoms with Crippen molar-refractivity contribution in [2.45, 2.75) is 112 Å². The van der Waals surface area contributed by atoms with Gasteiger partial charge in [-0.15, -0.1) is 11.6 Å². The number of aliphatic hydroxyl groups is 1. The first kappa shape index (κ1) is 23.2. The molecule has 2 bridgehead atoms. The zero-order valence-corrected chi connectivity index (χ0v) is 18.6. The van der Waals surface area contributed by atoms with Crippen LogP contribution >= 0.6 is 11.6 Å². The van der Waals surface area contributed by atoms with Crippen LogP contribution in [-0.2, 0) is 19.2 Å². The summed E-state index contributed by atoms with van der Waals surface area (Å²) in [5.74, 6) is -0.414. The van der Waals surface area contributed by atoms with Crippen LogP contribution in [0, 0.1) is 0 Å². The molecule has 4 N–H and O–H groups in total. The van der Waals surface area contributed by atoms with E-state index in [0.717, 1.165) is 0 Å². The van der Waals surface area contributed by atoms with Crippen molar-refractivity contribution in [1.82, 2.24) is 16.1 Å². The van der Waals surface area contributed by atoms with Gasteiger partial charge < -0.3 is 20.5 Å². The molecule has 0 aromatic rings. The molecule has 8 nitrogen and oxygen atoms in total. The van der Waals surface area contributed by atoms with Gasteiger partial charge in [-0.1, -0.05) is 0 Å². The molecule has 2 amide bonds. The summed E-state index contributed by atoms with van der Waals surface area (Å²) in [5.41, 5.74) is 1.61. The summed E-state index contributed by atoms with van der Waals surface area (Å²) in [6.45, 7) is 1.75. The van der Waals surface area contributed by atoms with Crippen molar-refractivity contribution >= 4 is 23.4 Å². The van der Waals surface area contributed by atoms with Gasteiger partial charge in [0.15, 0.2) is 0 Å². The number of aliphatic hydroxyl groups excluding tert-OH is 1. The van der Waals surface area contributed by atoms with Gasteiger partial charge in [0.25, 0.3) is 0 Å². The SMILES string of the molecule is CC1CC(C(=O)NC23CCC(NC(=O)COC4CCC(Cl)C(F)C4)(CC2)C(O)C3)NO1. The van der Waals surface area contributed by atoms with Crippen LogP contribution in [0.4, 0.5) is 4.39 Å². The molecule has 6 unspecified atom stereocenters. The van der Waals surface area contributed by atoms with Crippen LogP contribution in [0.1, 0.15) is 64.7 Å². The molecule has 176 valence electrons. The Bertz CT molecular complexity index is 690. The Morgan fingerprint density at radius 1 is 1.23 bits per heavy atom. The molecule has 0 spiro atoms. The van der Waals surface area contributed by atoms with Crippen molar-refractivity contribution in [2.75, 3.05) is 6.61 Å².